The zero-order chi connectivity index (χ0) is 15.0. The highest BCUT2D eigenvalue weighted by atomic mass is 16.3. The number of aliphatic hydroxyl groups is 1. The predicted molar refractivity (Wildman–Crippen MR) is 82.3 cm³/mol. The molecule has 4 nitrogen and oxygen atoms in total. The summed E-state index contributed by atoms with van der Waals surface area (Å²) in [6.07, 6.45) is 8.08. The van der Waals surface area contributed by atoms with Gasteiger partial charge in [-0.2, -0.15) is 0 Å². The Morgan fingerprint density at radius 1 is 1.35 bits per heavy atom. The van der Waals surface area contributed by atoms with Crippen LogP contribution in [0.3, 0.4) is 0 Å². The monoisotopic (exact) mass is 284 g/mol. The standard InChI is InChI=1S/C16H32N2O2/c1-3-15(4-2)18(10-11-19)16(20)9-8-13-6-5-7-14(17)12-13/h13-15,19H,3-12,17H2,1-2H3. The molecule has 1 rings (SSSR count). The number of hydrogen-bond acceptors (Lipinski definition) is 3. The Bertz CT molecular complexity index is 280. The van der Waals surface area contributed by atoms with Crippen molar-refractivity contribution in [3.63, 3.8) is 0 Å². The van der Waals surface area contributed by atoms with Gasteiger partial charge in [-0.25, -0.2) is 0 Å². The van der Waals surface area contributed by atoms with Crippen LogP contribution in [0.15, 0.2) is 0 Å². The van der Waals surface area contributed by atoms with E-state index < -0.39 is 0 Å². The molecule has 0 aromatic heterocycles. The lowest BCUT2D eigenvalue weighted by Gasteiger charge is -2.31. The third-order valence-corrected chi connectivity index (χ3v) is 4.63. The summed E-state index contributed by atoms with van der Waals surface area (Å²) in [6, 6.07) is 0.597. The molecule has 1 aliphatic rings. The molecule has 4 heteroatoms. The summed E-state index contributed by atoms with van der Waals surface area (Å²) in [7, 11) is 0. The van der Waals surface area contributed by atoms with E-state index in [2.05, 4.69) is 13.8 Å². The quantitative estimate of drug-likeness (QED) is 0.718. The SMILES string of the molecule is CCC(CC)N(CCO)C(=O)CCC1CCCC(N)C1. The van der Waals surface area contributed by atoms with E-state index in [-0.39, 0.29) is 18.6 Å². The van der Waals surface area contributed by atoms with Crippen molar-refractivity contribution in [3.05, 3.63) is 0 Å². The van der Waals surface area contributed by atoms with Gasteiger partial charge in [0.1, 0.15) is 0 Å². The van der Waals surface area contributed by atoms with E-state index in [0.29, 0.717) is 24.9 Å². The summed E-state index contributed by atoms with van der Waals surface area (Å²) in [5.74, 6) is 0.812. The first-order chi connectivity index (χ1) is 9.62. The molecule has 0 bridgehead atoms. The first-order valence-corrected chi connectivity index (χ1v) is 8.28. The Balaban J connectivity index is 2.44. The molecule has 1 fully saturated rings. The third kappa shape index (κ3) is 5.41. The summed E-state index contributed by atoms with van der Waals surface area (Å²) in [5, 5.41) is 9.17. The molecule has 1 amide bonds. The van der Waals surface area contributed by atoms with Crippen LogP contribution in [0.5, 0.6) is 0 Å². The summed E-state index contributed by atoms with van der Waals surface area (Å²) in [6.45, 7) is 4.73. The number of amides is 1. The molecule has 2 atom stereocenters. The highest BCUT2D eigenvalue weighted by Crippen LogP contribution is 2.27. The second-order valence-corrected chi connectivity index (χ2v) is 6.11. The summed E-state index contributed by atoms with van der Waals surface area (Å²) in [5.41, 5.74) is 6.00. The minimum absolute atomic E-state index is 0.0521. The summed E-state index contributed by atoms with van der Waals surface area (Å²) >= 11 is 0. The average molecular weight is 284 g/mol. The van der Waals surface area contributed by atoms with Crippen LogP contribution in [0.4, 0.5) is 0 Å². The van der Waals surface area contributed by atoms with Gasteiger partial charge in [-0.15, -0.1) is 0 Å². The van der Waals surface area contributed by atoms with Crippen LogP contribution in [-0.4, -0.2) is 41.1 Å². The van der Waals surface area contributed by atoms with Crippen LogP contribution in [0, 0.1) is 5.92 Å². The van der Waals surface area contributed by atoms with E-state index in [0.717, 1.165) is 32.1 Å². The third-order valence-electron chi connectivity index (χ3n) is 4.63. The number of carbonyl (C=O) groups is 1. The average Bonchev–Trinajstić information content (AvgIpc) is 2.45. The number of carbonyl (C=O) groups excluding carboxylic acids is 1. The van der Waals surface area contributed by atoms with Crippen LogP contribution in [-0.2, 0) is 4.79 Å². The van der Waals surface area contributed by atoms with Crippen LogP contribution >= 0.6 is 0 Å². The van der Waals surface area contributed by atoms with Gasteiger partial charge in [0.2, 0.25) is 5.91 Å². The van der Waals surface area contributed by atoms with Gasteiger partial charge in [-0.05, 0) is 38.0 Å². The molecule has 2 unspecified atom stereocenters. The first kappa shape index (κ1) is 17.4. The lowest BCUT2D eigenvalue weighted by molar-refractivity contribution is -0.134. The van der Waals surface area contributed by atoms with E-state index in [9.17, 15) is 4.79 Å². The van der Waals surface area contributed by atoms with E-state index in [1.165, 1.54) is 12.8 Å². The van der Waals surface area contributed by atoms with Crippen LogP contribution in [0.25, 0.3) is 0 Å². The Hall–Kier alpha value is -0.610. The van der Waals surface area contributed by atoms with Crippen LogP contribution in [0.2, 0.25) is 0 Å². The molecule has 20 heavy (non-hydrogen) atoms. The number of nitrogens with zero attached hydrogens (tertiary/aromatic N) is 1. The van der Waals surface area contributed by atoms with E-state index in [1.54, 1.807) is 0 Å². The summed E-state index contributed by atoms with van der Waals surface area (Å²) < 4.78 is 0. The van der Waals surface area contributed by atoms with Gasteiger partial charge >= 0.3 is 0 Å². The molecular formula is C16H32N2O2. The second kappa shape index (κ2) is 9.35. The van der Waals surface area contributed by atoms with Crippen LogP contribution in [0.1, 0.15) is 65.2 Å². The van der Waals surface area contributed by atoms with Gasteiger partial charge < -0.3 is 15.7 Å². The van der Waals surface area contributed by atoms with Crippen molar-refractivity contribution >= 4 is 5.91 Å². The fourth-order valence-corrected chi connectivity index (χ4v) is 3.41. The maximum absolute atomic E-state index is 12.4. The fourth-order valence-electron chi connectivity index (χ4n) is 3.41. The predicted octanol–water partition coefficient (Wildman–Crippen LogP) is 2.29. The lowest BCUT2D eigenvalue weighted by Crippen LogP contribution is -2.41. The molecule has 1 aliphatic carbocycles. The molecule has 1 saturated carbocycles. The zero-order valence-corrected chi connectivity index (χ0v) is 13.2. The molecule has 0 heterocycles. The number of nitrogens with two attached hydrogens (primary N) is 1. The minimum Gasteiger partial charge on any atom is -0.395 e. The molecule has 0 aromatic rings. The molecule has 0 aromatic carbocycles. The zero-order valence-electron chi connectivity index (χ0n) is 13.2. The van der Waals surface area contributed by atoms with Gasteiger partial charge in [-0.1, -0.05) is 26.7 Å². The maximum atomic E-state index is 12.4. The molecule has 0 spiro atoms. The van der Waals surface area contributed by atoms with Crippen molar-refractivity contribution in [2.75, 3.05) is 13.2 Å². The van der Waals surface area contributed by atoms with Gasteiger partial charge in [0.25, 0.3) is 0 Å². The topological polar surface area (TPSA) is 66.6 Å². The van der Waals surface area contributed by atoms with E-state index in [4.69, 9.17) is 10.8 Å². The Morgan fingerprint density at radius 2 is 2.05 bits per heavy atom. The number of rotatable bonds is 8. The Kier molecular flexibility index (Phi) is 8.15. The minimum atomic E-state index is 0.0521. The molecule has 0 aliphatic heterocycles. The smallest absolute Gasteiger partial charge is 0.222 e. The van der Waals surface area contributed by atoms with E-state index in [1.807, 2.05) is 4.90 Å². The second-order valence-electron chi connectivity index (χ2n) is 6.11. The normalized spacial score (nSPS) is 23.1. The lowest BCUT2D eigenvalue weighted by atomic mass is 9.83. The van der Waals surface area contributed by atoms with Gasteiger partial charge in [0.05, 0.1) is 6.61 Å². The van der Waals surface area contributed by atoms with Gasteiger partial charge in [0, 0.05) is 25.0 Å². The van der Waals surface area contributed by atoms with Crippen molar-refractivity contribution in [2.45, 2.75) is 77.3 Å². The van der Waals surface area contributed by atoms with Crippen molar-refractivity contribution in [2.24, 2.45) is 11.7 Å². The van der Waals surface area contributed by atoms with Gasteiger partial charge in [-0.3, -0.25) is 4.79 Å². The highest BCUT2D eigenvalue weighted by molar-refractivity contribution is 5.76. The Morgan fingerprint density at radius 3 is 2.60 bits per heavy atom. The molecular weight excluding hydrogens is 252 g/mol. The molecule has 3 N–H and O–H groups in total. The largest absolute Gasteiger partial charge is 0.395 e. The molecule has 118 valence electrons. The van der Waals surface area contributed by atoms with Crippen molar-refractivity contribution in [1.29, 1.82) is 0 Å². The molecule has 0 radical (unpaired) electrons. The van der Waals surface area contributed by atoms with Crippen molar-refractivity contribution < 1.29 is 9.90 Å². The highest BCUT2D eigenvalue weighted by Gasteiger charge is 2.23. The fraction of sp³-hybridized carbons (Fsp3) is 0.938. The van der Waals surface area contributed by atoms with E-state index >= 15 is 0 Å². The van der Waals surface area contributed by atoms with Crippen molar-refractivity contribution in [3.8, 4) is 0 Å². The van der Waals surface area contributed by atoms with Crippen molar-refractivity contribution in [1.82, 2.24) is 4.90 Å². The van der Waals surface area contributed by atoms with Gasteiger partial charge in [0.15, 0.2) is 0 Å². The molecule has 0 saturated heterocycles. The maximum Gasteiger partial charge on any atom is 0.222 e. The number of hydrogen-bond donors (Lipinski definition) is 2. The Labute approximate surface area is 123 Å². The number of aliphatic hydroxyl groups excluding tert-OH is 1. The van der Waals surface area contributed by atoms with Crippen LogP contribution < -0.4 is 5.73 Å². The first-order valence-electron chi connectivity index (χ1n) is 8.28. The summed E-state index contributed by atoms with van der Waals surface area (Å²) in [4.78, 5) is 14.3.